The van der Waals surface area contributed by atoms with Crippen LogP contribution in [-0.4, -0.2) is 20.7 Å². The zero-order valence-corrected chi connectivity index (χ0v) is 14.6. The first kappa shape index (κ1) is 17.2. The van der Waals surface area contributed by atoms with E-state index >= 15 is 0 Å². The van der Waals surface area contributed by atoms with Crippen molar-refractivity contribution in [3.63, 3.8) is 0 Å². The van der Waals surface area contributed by atoms with Gasteiger partial charge in [0.05, 0.1) is 5.52 Å². The van der Waals surface area contributed by atoms with Gasteiger partial charge in [-0.1, -0.05) is 31.3 Å². The lowest BCUT2D eigenvalue weighted by Crippen LogP contribution is -2.20. The van der Waals surface area contributed by atoms with Crippen LogP contribution in [0, 0.1) is 11.7 Å². The molecule has 0 radical (unpaired) electrons. The van der Waals surface area contributed by atoms with Gasteiger partial charge in [-0.2, -0.15) is 0 Å². The smallest absolute Gasteiger partial charge is 0.246 e. The molecule has 0 bridgehead atoms. The molecule has 1 aromatic carbocycles. The molecule has 3 aromatic rings. The van der Waals surface area contributed by atoms with Crippen molar-refractivity contribution in [2.24, 2.45) is 5.92 Å². The molecule has 1 amide bonds. The number of benzene rings is 1. The van der Waals surface area contributed by atoms with E-state index in [1.54, 1.807) is 0 Å². The molecular formula is C17H17FN4O2S. The van der Waals surface area contributed by atoms with E-state index in [4.69, 9.17) is 0 Å². The average molecular weight is 360 g/mol. The lowest BCUT2D eigenvalue weighted by molar-refractivity contribution is -0.116. The first-order valence-corrected chi connectivity index (χ1v) is 8.65. The molecular weight excluding hydrogens is 343 g/mol. The first-order valence-electron chi connectivity index (χ1n) is 7.84. The minimum Gasteiger partial charge on any atom is -0.335 e. The number of carbonyl (C=O) groups excluding carboxylic acids is 1. The largest absolute Gasteiger partial charge is 0.335 e. The Bertz CT molecular complexity index is 980. The lowest BCUT2D eigenvalue weighted by atomic mass is 10.1. The molecule has 0 saturated carbocycles. The van der Waals surface area contributed by atoms with Gasteiger partial charge in [0.15, 0.2) is 5.43 Å². The molecule has 0 saturated heterocycles. The van der Waals surface area contributed by atoms with Crippen molar-refractivity contribution in [3.05, 3.63) is 51.5 Å². The van der Waals surface area contributed by atoms with Crippen molar-refractivity contribution in [1.82, 2.24) is 14.8 Å². The normalized spacial score (nSPS) is 11.2. The highest BCUT2D eigenvalue weighted by molar-refractivity contribution is 7.15. The quantitative estimate of drug-likeness (QED) is 0.759. The van der Waals surface area contributed by atoms with E-state index < -0.39 is 5.82 Å². The molecule has 6 nitrogen and oxygen atoms in total. The molecule has 8 heteroatoms. The molecule has 130 valence electrons. The summed E-state index contributed by atoms with van der Waals surface area (Å²) in [6.45, 7) is 4.03. The van der Waals surface area contributed by atoms with Crippen LogP contribution in [0.25, 0.3) is 10.9 Å². The highest BCUT2D eigenvalue weighted by Crippen LogP contribution is 2.19. The number of hydrogen-bond acceptors (Lipinski definition) is 5. The summed E-state index contributed by atoms with van der Waals surface area (Å²) in [5.41, 5.74) is -0.170. The summed E-state index contributed by atoms with van der Waals surface area (Å²) in [5, 5.41) is 12.2. The number of amides is 1. The maximum Gasteiger partial charge on any atom is 0.246 e. The van der Waals surface area contributed by atoms with E-state index in [0.717, 1.165) is 11.4 Å². The number of hydrogen-bond donors (Lipinski definition) is 1. The molecule has 0 aliphatic carbocycles. The fourth-order valence-corrected chi connectivity index (χ4v) is 3.48. The van der Waals surface area contributed by atoms with Gasteiger partial charge in [-0.25, -0.2) is 4.39 Å². The van der Waals surface area contributed by atoms with Gasteiger partial charge in [0.1, 0.15) is 17.4 Å². The molecule has 3 rings (SSSR count). The number of anilines is 1. The van der Waals surface area contributed by atoms with E-state index in [-0.39, 0.29) is 28.8 Å². The molecule has 0 unspecified atom stereocenters. The number of para-hydroxylation sites is 1. The highest BCUT2D eigenvalue weighted by atomic mass is 32.1. The van der Waals surface area contributed by atoms with Crippen LogP contribution in [0.5, 0.6) is 0 Å². The summed E-state index contributed by atoms with van der Waals surface area (Å²) < 4.78 is 15.5. The Labute approximate surface area is 147 Å². The van der Waals surface area contributed by atoms with Gasteiger partial charge < -0.3 is 4.57 Å². The number of halogens is 1. The van der Waals surface area contributed by atoms with E-state index in [0.29, 0.717) is 11.0 Å². The fraction of sp³-hybridized carbons (Fsp3) is 0.294. The molecule has 2 aromatic heterocycles. The van der Waals surface area contributed by atoms with Crippen molar-refractivity contribution in [1.29, 1.82) is 0 Å². The van der Waals surface area contributed by atoms with Gasteiger partial charge in [-0.15, -0.1) is 10.2 Å². The zero-order valence-electron chi connectivity index (χ0n) is 13.8. The first-order chi connectivity index (χ1) is 11.9. The van der Waals surface area contributed by atoms with Crippen LogP contribution in [-0.2, 0) is 17.8 Å². The van der Waals surface area contributed by atoms with Crippen LogP contribution >= 0.6 is 11.3 Å². The third kappa shape index (κ3) is 3.90. The number of nitrogens with zero attached hydrogens (tertiary/aromatic N) is 3. The van der Waals surface area contributed by atoms with Crippen LogP contribution in [0.3, 0.4) is 0 Å². The Balaban J connectivity index is 1.80. The minimum absolute atomic E-state index is 0.114. The van der Waals surface area contributed by atoms with Crippen LogP contribution < -0.4 is 10.7 Å². The molecule has 0 fully saturated rings. The number of fused-ring (bicyclic) bond motifs is 1. The van der Waals surface area contributed by atoms with Gasteiger partial charge in [0.2, 0.25) is 11.0 Å². The summed E-state index contributed by atoms with van der Waals surface area (Å²) in [6, 6.07) is 5.60. The van der Waals surface area contributed by atoms with Crippen LogP contribution in [0.15, 0.2) is 35.3 Å². The summed E-state index contributed by atoms with van der Waals surface area (Å²) in [6.07, 6.45) is 2.21. The molecule has 0 aliphatic heterocycles. The summed E-state index contributed by atoms with van der Waals surface area (Å²) >= 11 is 1.32. The van der Waals surface area contributed by atoms with Gasteiger partial charge in [-0.3, -0.25) is 14.9 Å². The number of rotatable bonds is 5. The Morgan fingerprint density at radius 3 is 2.88 bits per heavy atom. The number of pyridine rings is 1. The van der Waals surface area contributed by atoms with Crippen LogP contribution in [0.1, 0.15) is 18.9 Å². The van der Waals surface area contributed by atoms with Gasteiger partial charge in [0.25, 0.3) is 0 Å². The number of aromatic nitrogens is 3. The number of nitrogens with one attached hydrogen (secondary N) is 1. The van der Waals surface area contributed by atoms with Crippen LogP contribution in [0.4, 0.5) is 9.52 Å². The molecule has 2 heterocycles. The topological polar surface area (TPSA) is 76.9 Å². The SMILES string of the molecule is CC(C)Cc1nnc(NC(=O)Cn2ccc(=O)c3cccc(F)c32)s1. The maximum atomic E-state index is 14.1. The van der Waals surface area contributed by atoms with Crippen molar-refractivity contribution < 1.29 is 9.18 Å². The molecule has 0 atom stereocenters. The summed E-state index contributed by atoms with van der Waals surface area (Å²) in [4.78, 5) is 24.1. The third-order valence-electron chi connectivity index (χ3n) is 3.56. The summed E-state index contributed by atoms with van der Waals surface area (Å²) in [5.74, 6) is -0.453. The predicted molar refractivity (Wildman–Crippen MR) is 95.2 cm³/mol. The van der Waals surface area contributed by atoms with Gasteiger partial charge in [0, 0.05) is 24.1 Å². The fourth-order valence-electron chi connectivity index (χ4n) is 2.51. The highest BCUT2D eigenvalue weighted by Gasteiger charge is 2.13. The summed E-state index contributed by atoms with van der Waals surface area (Å²) in [7, 11) is 0. The number of carbonyl (C=O) groups is 1. The van der Waals surface area contributed by atoms with Gasteiger partial charge in [-0.05, 0) is 18.1 Å². The molecule has 25 heavy (non-hydrogen) atoms. The average Bonchev–Trinajstić information content (AvgIpc) is 2.96. The maximum absolute atomic E-state index is 14.1. The lowest BCUT2D eigenvalue weighted by Gasteiger charge is -2.10. The molecule has 0 spiro atoms. The van der Waals surface area contributed by atoms with Crippen molar-refractivity contribution in [2.45, 2.75) is 26.8 Å². The second kappa shape index (κ2) is 7.10. The second-order valence-electron chi connectivity index (χ2n) is 6.09. The minimum atomic E-state index is -0.543. The van der Waals surface area contributed by atoms with Crippen molar-refractivity contribution in [2.75, 3.05) is 5.32 Å². The van der Waals surface area contributed by atoms with E-state index in [9.17, 15) is 14.0 Å². The van der Waals surface area contributed by atoms with Crippen molar-refractivity contribution in [3.8, 4) is 0 Å². The Morgan fingerprint density at radius 1 is 1.32 bits per heavy atom. The Morgan fingerprint density at radius 2 is 2.12 bits per heavy atom. The zero-order chi connectivity index (χ0) is 18.0. The van der Waals surface area contributed by atoms with Crippen LogP contribution in [0.2, 0.25) is 0 Å². The second-order valence-corrected chi connectivity index (χ2v) is 7.15. The monoisotopic (exact) mass is 360 g/mol. The van der Waals surface area contributed by atoms with E-state index in [2.05, 4.69) is 29.4 Å². The standard InChI is InChI=1S/C17H17FN4O2S/c1-10(2)8-15-20-21-17(25-15)19-14(24)9-22-7-6-13(23)11-4-3-5-12(18)16(11)22/h3-7,10H,8-9H2,1-2H3,(H,19,21,24). The van der Waals surface area contributed by atoms with Crippen molar-refractivity contribution >= 4 is 33.3 Å². The van der Waals surface area contributed by atoms with E-state index in [1.807, 2.05) is 0 Å². The Kier molecular flexibility index (Phi) is 4.89. The Hall–Kier alpha value is -2.61. The molecule has 1 N–H and O–H groups in total. The van der Waals surface area contributed by atoms with E-state index in [1.165, 1.54) is 46.4 Å². The molecule has 0 aliphatic rings. The van der Waals surface area contributed by atoms with Gasteiger partial charge >= 0.3 is 0 Å². The third-order valence-corrected chi connectivity index (χ3v) is 4.42. The predicted octanol–water partition coefficient (Wildman–Crippen LogP) is 2.83.